The van der Waals surface area contributed by atoms with Crippen LogP contribution in [-0.2, 0) is 0 Å². The predicted octanol–water partition coefficient (Wildman–Crippen LogP) is 4.62. The van der Waals surface area contributed by atoms with E-state index in [0.717, 1.165) is 60.9 Å². The number of nitriles is 1. The van der Waals surface area contributed by atoms with Crippen molar-refractivity contribution in [1.29, 1.82) is 5.26 Å². The van der Waals surface area contributed by atoms with Crippen LogP contribution in [0.3, 0.4) is 0 Å². The number of amides is 1. The lowest BCUT2D eigenvalue weighted by molar-refractivity contribution is 0.0758. The first kappa shape index (κ1) is 19.7. The van der Waals surface area contributed by atoms with E-state index in [9.17, 15) is 4.79 Å². The molecule has 0 atom stereocenters. The molecule has 2 aromatic carbocycles. The summed E-state index contributed by atoms with van der Waals surface area (Å²) in [6.07, 6.45) is 6.42. The largest absolute Gasteiger partial charge is 0.337 e. The quantitative estimate of drug-likeness (QED) is 0.772. The molecule has 0 N–H and O–H groups in total. The molecule has 29 heavy (non-hydrogen) atoms. The van der Waals surface area contributed by atoms with Crippen molar-refractivity contribution in [2.45, 2.75) is 45.1 Å². The predicted molar refractivity (Wildman–Crippen MR) is 116 cm³/mol. The zero-order chi connectivity index (χ0) is 20.2. The third-order valence-corrected chi connectivity index (χ3v) is 6.46. The van der Waals surface area contributed by atoms with Crippen molar-refractivity contribution in [2.75, 3.05) is 26.2 Å². The monoisotopic (exact) mass is 387 g/mol. The van der Waals surface area contributed by atoms with Gasteiger partial charge in [-0.05, 0) is 67.1 Å². The van der Waals surface area contributed by atoms with Gasteiger partial charge in [0.2, 0.25) is 0 Å². The van der Waals surface area contributed by atoms with E-state index in [1.165, 1.54) is 25.7 Å². The number of hydrogen-bond acceptors (Lipinski definition) is 3. The molecule has 0 radical (unpaired) electrons. The fraction of sp³-hybridized carbons (Fsp3) is 0.440. The number of aryl methyl sites for hydroxylation is 1. The van der Waals surface area contributed by atoms with E-state index >= 15 is 0 Å². The average Bonchev–Trinajstić information content (AvgIpc) is 3.18. The molecule has 4 heteroatoms. The van der Waals surface area contributed by atoms with E-state index in [0.29, 0.717) is 5.56 Å². The van der Waals surface area contributed by atoms with Crippen LogP contribution in [0, 0.1) is 18.3 Å². The van der Waals surface area contributed by atoms with Crippen LogP contribution in [0.2, 0.25) is 0 Å². The lowest BCUT2D eigenvalue weighted by Crippen LogP contribution is -2.38. The molecular formula is C25H29N3O. The second kappa shape index (κ2) is 8.80. The van der Waals surface area contributed by atoms with Gasteiger partial charge < -0.3 is 4.90 Å². The first-order chi connectivity index (χ1) is 14.2. The smallest absolute Gasteiger partial charge is 0.253 e. The molecule has 2 aliphatic rings. The number of benzene rings is 2. The third-order valence-electron chi connectivity index (χ3n) is 6.46. The Kier molecular flexibility index (Phi) is 5.97. The second-order valence-corrected chi connectivity index (χ2v) is 8.34. The Labute approximate surface area is 173 Å². The molecule has 1 aliphatic carbocycles. The molecule has 4 nitrogen and oxygen atoms in total. The molecule has 0 spiro atoms. The van der Waals surface area contributed by atoms with Crippen LogP contribution < -0.4 is 0 Å². The van der Waals surface area contributed by atoms with Gasteiger partial charge in [0.15, 0.2) is 0 Å². The van der Waals surface area contributed by atoms with Crippen molar-refractivity contribution in [1.82, 2.24) is 9.80 Å². The Balaban J connectivity index is 1.43. The highest BCUT2D eigenvalue weighted by Gasteiger charge is 2.26. The van der Waals surface area contributed by atoms with Gasteiger partial charge >= 0.3 is 0 Å². The van der Waals surface area contributed by atoms with Crippen molar-refractivity contribution < 1.29 is 4.79 Å². The van der Waals surface area contributed by atoms with E-state index < -0.39 is 0 Å². The Morgan fingerprint density at radius 1 is 0.966 bits per heavy atom. The second-order valence-electron chi connectivity index (χ2n) is 8.34. The summed E-state index contributed by atoms with van der Waals surface area (Å²) < 4.78 is 0. The topological polar surface area (TPSA) is 47.3 Å². The molecule has 1 saturated heterocycles. The fourth-order valence-electron chi connectivity index (χ4n) is 4.81. The van der Waals surface area contributed by atoms with E-state index in [1.807, 2.05) is 54.3 Å². The number of rotatable bonds is 3. The van der Waals surface area contributed by atoms with Gasteiger partial charge in [0.05, 0.1) is 11.6 Å². The van der Waals surface area contributed by atoms with Gasteiger partial charge in [-0.25, -0.2) is 0 Å². The SMILES string of the molecule is Cc1cc(C#N)ccc1-c1ccc(C(=O)N2CCCN(C3CCCC3)CC2)cc1. The molecule has 1 heterocycles. The Bertz CT molecular complexity index is 907. The maximum absolute atomic E-state index is 13.1. The van der Waals surface area contributed by atoms with E-state index in [-0.39, 0.29) is 5.91 Å². The zero-order valence-electron chi connectivity index (χ0n) is 17.2. The maximum atomic E-state index is 13.1. The van der Waals surface area contributed by atoms with E-state index in [2.05, 4.69) is 11.0 Å². The van der Waals surface area contributed by atoms with Crippen LogP contribution >= 0.6 is 0 Å². The highest BCUT2D eigenvalue weighted by Crippen LogP contribution is 2.26. The van der Waals surface area contributed by atoms with Gasteiger partial charge in [-0.2, -0.15) is 5.26 Å². The first-order valence-corrected chi connectivity index (χ1v) is 10.8. The van der Waals surface area contributed by atoms with Crippen LogP contribution in [0.25, 0.3) is 11.1 Å². The van der Waals surface area contributed by atoms with Gasteiger partial charge in [-0.15, -0.1) is 0 Å². The summed E-state index contributed by atoms with van der Waals surface area (Å²) in [7, 11) is 0. The lowest BCUT2D eigenvalue weighted by atomic mass is 9.97. The summed E-state index contributed by atoms with van der Waals surface area (Å²) in [5.74, 6) is 0.140. The van der Waals surface area contributed by atoms with Crippen molar-refractivity contribution in [3.05, 3.63) is 59.2 Å². The molecule has 1 saturated carbocycles. The standard InChI is InChI=1S/C25H29N3O/c1-19-17-20(18-26)7-12-24(19)21-8-10-22(11-9-21)25(29)28-14-4-13-27(15-16-28)23-5-2-3-6-23/h7-12,17,23H,2-6,13-16H2,1H3. The minimum atomic E-state index is 0.140. The van der Waals surface area contributed by atoms with Crippen LogP contribution in [-0.4, -0.2) is 47.9 Å². The first-order valence-electron chi connectivity index (χ1n) is 10.8. The van der Waals surface area contributed by atoms with Gasteiger partial charge in [-0.1, -0.05) is 31.0 Å². The normalized spacial score (nSPS) is 18.4. The summed E-state index contributed by atoms with van der Waals surface area (Å²) in [4.78, 5) is 17.7. The molecule has 2 fully saturated rings. The molecule has 0 aromatic heterocycles. The highest BCUT2D eigenvalue weighted by molar-refractivity contribution is 5.94. The van der Waals surface area contributed by atoms with E-state index in [1.54, 1.807) is 0 Å². The highest BCUT2D eigenvalue weighted by atomic mass is 16.2. The zero-order valence-corrected chi connectivity index (χ0v) is 17.2. The summed E-state index contributed by atoms with van der Waals surface area (Å²) in [5, 5.41) is 9.05. The van der Waals surface area contributed by atoms with Crippen molar-refractivity contribution in [2.24, 2.45) is 0 Å². The molecule has 0 bridgehead atoms. The minimum Gasteiger partial charge on any atom is -0.337 e. The number of nitrogens with zero attached hydrogens (tertiary/aromatic N) is 3. The van der Waals surface area contributed by atoms with Crippen molar-refractivity contribution >= 4 is 5.91 Å². The molecular weight excluding hydrogens is 358 g/mol. The van der Waals surface area contributed by atoms with Crippen LogP contribution in [0.1, 0.15) is 53.6 Å². The van der Waals surface area contributed by atoms with Gasteiger partial charge in [-0.3, -0.25) is 9.69 Å². The minimum absolute atomic E-state index is 0.140. The van der Waals surface area contributed by atoms with E-state index in [4.69, 9.17) is 5.26 Å². The third kappa shape index (κ3) is 4.36. The average molecular weight is 388 g/mol. The van der Waals surface area contributed by atoms with Crippen LogP contribution in [0.15, 0.2) is 42.5 Å². The number of hydrogen-bond donors (Lipinski definition) is 0. The molecule has 4 rings (SSSR count). The number of carbonyl (C=O) groups excluding carboxylic acids is 1. The summed E-state index contributed by atoms with van der Waals surface area (Å²) in [6, 6.07) is 16.6. The molecule has 1 amide bonds. The van der Waals surface area contributed by atoms with Crippen molar-refractivity contribution in [3.63, 3.8) is 0 Å². The van der Waals surface area contributed by atoms with Crippen molar-refractivity contribution in [3.8, 4) is 17.2 Å². The summed E-state index contributed by atoms with van der Waals surface area (Å²) >= 11 is 0. The Morgan fingerprint density at radius 3 is 2.41 bits per heavy atom. The van der Waals surface area contributed by atoms with Crippen LogP contribution in [0.4, 0.5) is 0 Å². The van der Waals surface area contributed by atoms with Gasteiger partial charge in [0.25, 0.3) is 5.91 Å². The summed E-state index contributed by atoms with van der Waals surface area (Å²) in [5.41, 5.74) is 4.68. The fourth-order valence-corrected chi connectivity index (χ4v) is 4.81. The molecule has 150 valence electrons. The Morgan fingerprint density at radius 2 is 1.72 bits per heavy atom. The number of carbonyl (C=O) groups is 1. The molecule has 2 aromatic rings. The lowest BCUT2D eigenvalue weighted by Gasteiger charge is -2.27. The summed E-state index contributed by atoms with van der Waals surface area (Å²) in [6.45, 7) is 5.80. The molecule has 0 unspecified atom stereocenters. The van der Waals surface area contributed by atoms with Gasteiger partial charge in [0.1, 0.15) is 0 Å². The van der Waals surface area contributed by atoms with Crippen LogP contribution in [0.5, 0.6) is 0 Å². The Hall–Kier alpha value is -2.64. The molecule has 1 aliphatic heterocycles. The van der Waals surface area contributed by atoms with Gasteiger partial charge in [0, 0.05) is 37.8 Å². The maximum Gasteiger partial charge on any atom is 0.253 e.